The summed E-state index contributed by atoms with van der Waals surface area (Å²) in [6.45, 7) is 2.15. The van der Waals surface area contributed by atoms with E-state index in [-0.39, 0.29) is 18.2 Å². The van der Waals surface area contributed by atoms with E-state index in [4.69, 9.17) is 26.5 Å². The van der Waals surface area contributed by atoms with Crippen molar-refractivity contribution in [2.75, 3.05) is 19.0 Å². The molecule has 1 fully saturated rings. The summed E-state index contributed by atoms with van der Waals surface area (Å²) in [7, 11) is -3.60. The molecule has 3 aromatic heterocycles. The van der Waals surface area contributed by atoms with Crippen LogP contribution in [0.5, 0.6) is 0 Å². The monoisotopic (exact) mass is 478 g/mol. The maximum Gasteiger partial charge on any atom is 0.227 e. The van der Waals surface area contributed by atoms with Crippen LogP contribution >= 0.6 is 22.9 Å². The van der Waals surface area contributed by atoms with Crippen LogP contribution in [0.4, 0.5) is 0 Å². The van der Waals surface area contributed by atoms with E-state index in [9.17, 15) is 8.42 Å². The van der Waals surface area contributed by atoms with Crippen molar-refractivity contribution in [1.29, 1.82) is 0 Å². The summed E-state index contributed by atoms with van der Waals surface area (Å²) in [4.78, 5) is 14.6. The van der Waals surface area contributed by atoms with Gasteiger partial charge in [0.2, 0.25) is 5.89 Å². The summed E-state index contributed by atoms with van der Waals surface area (Å²) in [6, 6.07) is 3.69. The van der Waals surface area contributed by atoms with E-state index in [2.05, 4.69) is 15.0 Å². The van der Waals surface area contributed by atoms with Crippen LogP contribution in [0.3, 0.4) is 0 Å². The van der Waals surface area contributed by atoms with Gasteiger partial charge in [0, 0.05) is 29.4 Å². The van der Waals surface area contributed by atoms with Crippen LogP contribution in [0, 0.1) is 0 Å². The molecule has 162 valence electrons. The molecule has 3 aromatic rings. The Balaban J connectivity index is 1.56. The molecule has 1 saturated heterocycles. The first kappa shape index (κ1) is 20.6. The zero-order valence-corrected chi connectivity index (χ0v) is 18.9. The minimum Gasteiger partial charge on any atom is -0.444 e. The van der Waals surface area contributed by atoms with Gasteiger partial charge in [0.05, 0.1) is 34.0 Å². The second kappa shape index (κ2) is 7.13. The topological polar surface area (TPSA) is 121 Å². The predicted octanol–water partition coefficient (Wildman–Crippen LogP) is 3.28. The molecule has 0 saturated carbocycles. The van der Waals surface area contributed by atoms with Crippen LogP contribution < -0.4 is 5.73 Å². The van der Waals surface area contributed by atoms with Crippen molar-refractivity contribution >= 4 is 38.6 Å². The van der Waals surface area contributed by atoms with Crippen LogP contribution in [0.25, 0.3) is 21.9 Å². The van der Waals surface area contributed by atoms with Gasteiger partial charge in [0.25, 0.3) is 0 Å². The molecule has 2 unspecified atom stereocenters. The molecule has 0 bridgehead atoms. The Labute approximate surface area is 188 Å². The van der Waals surface area contributed by atoms with Gasteiger partial charge in [0.1, 0.15) is 17.6 Å². The fourth-order valence-corrected chi connectivity index (χ4v) is 8.06. The third kappa shape index (κ3) is 3.20. The third-order valence-electron chi connectivity index (χ3n) is 5.76. The highest BCUT2D eigenvalue weighted by molar-refractivity contribution is 7.93. The molecule has 2 aliphatic rings. The number of hydrogen-bond acceptors (Lipinski definition) is 9. The highest BCUT2D eigenvalue weighted by Gasteiger charge is 2.57. The van der Waals surface area contributed by atoms with E-state index in [1.165, 1.54) is 17.6 Å². The summed E-state index contributed by atoms with van der Waals surface area (Å²) in [5.41, 5.74) is 6.69. The summed E-state index contributed by atoms with van der Waals surface area (Å²) in [5, 5.41) is 0.439. The van der Waals surface area contributed by atoms with E-state index in [0.29, 0.717) is 28.8 Å². The van der Waals surface area contributed by atoms with Crippen LogP contribution in [0.1, 0.15) is 18.2 Å². The van der Waals surface area contributed by atoms with Gasteiger partial charge in [-0.3, -0.25) is 9.98 Å². The second-order valence-electron chi connectivity index (χ2n) is 7.91. The van der Waals surface area contributed by atoms with Crippen LogP contribution in [0.15, 0.2) is 46.4 Å². The molecule has 11 heteroatoms. The van der Waals surface area contributed by atoms with Gasteiger partial charge < -0.3 is 14.9 Å². The summed E-state index contributed by atoms with van der Waals surface area (Å²) < 4.78 is 36.0. The number of oxazole rings is 1. The number of nitrogens with zero attached hydrogens (tertiary/aromatic N) is 3. The van der Waals surface area contributed by atoms with Crippen molar-refractivity contribution in [1.82, 2.24) is 9.97 Å². The molecule has 2 atom stereocenters. The lowest BCUT2D eigenvalue weighted by molar-refractivity contribution is 0.194. The number of sulfone groups is 1. The number of rotatable bonds is 3. The Hall–Kier alpha value is -2.27. The van der Waals surface area contributed by atoms with Gasteiger partial charge in [-0.25, -0.2) is 13.4 Å². The van der Waals surface area contributed by atoms with Gasteiger partial charge in [-0.05, 0) is 25.5 Å². The molecule has 5 heterocycles. The van der Waals surface area contributed by atoms with E-state index in [1.807, 2.05) is 6.07 Å². The second-order valence-corrected chi connectivity index (χ2v) is 11.7. The molecule has 5 rings (SSSR count). The number of pyridine rings is 1. The minimum absolute atomic E-state index is 0.0451. The average molecular weight is 479 g/mol. The van der Waals surface area contributed by atoms with E-state index >= 15 is 0 Å². The first-order chi connectivity index (χ1) is 14.7. The van der Waals surface area contributed by atoms with Crippen molar-refractivity contribution in [2.24, 2.45) is 10.7 Å². The maximum absolute atomic E-state index is 13.3. The summed E-state index contributed by atoms with van der Waals surface area (Å²) in [5.74, 6) is 0.375. The van der Waals surface area contributed by atoms with Crippen molar-refractivity contribution in [3.05, 3.63) is 46.9 Å². The highest BCUT2D eigenvalue weighted by atomic mass is 35.5. The van der Waals surface area contributed by atoms with Crippen molar-refractivity contribution in [3.63, 3.8) is 0 Å². The Morgan fingerprint density at radius 2 is 2.06 bits per heavy atom. The average Bonchev–Trinajstić information content (AvgIpc) is 3.47. The Morgan fingerprint density at radius 1 is 1.26 bits per heavy atom. The summed E-state index contributed by atoms with van der Waals surface area (Å²) >= 11 is 7.96. The van der Waals surface area contributed by atoms with Crippen LogP contribution in [0.2, 0.25) is 5.02 Å². The fourth-order valence-electron chi connectivity index (χ4n) is 4.11. The number of aliphatic imine (C=N–C) groups is 1. The smallest absolute Gasteiger partial charge is 0.227 e. The number of aromatic nitrogens is 2. The van der Waals surface area contributed by atoms with Crippen molar-refractivity contribution in [2.45, 2.75) is 23.6 Å². The highest BCUT2D eigenvalue weighted by Crippen LogP contribution is 2.47. The molecule has 8 nitrogen and oxygen atoms in total. The van der Waals surface area contributed by atoms with E-state index < -0.39 is 20.1 Å². The largest absolute Gasteiger partial charge is 0.444 e. The van der Waals surface area contributed by atoms with E-state index in [1.54, 1.807) is 31.6 Å². The number of amidine groups is 1. The molecule has 0 amide bonds. The van der Waals surface area contributed by atoms with Crippen molar-refractivity contribution < 1.29 is 17.6 Å². The maximum atomic E-state index is 13.3. The SMILES string of the molecule is CC1(c2sc(-c3cncc(-c4ncco4)c3)cc2Cl)CS(=O)(=O)C2(CCOC2)C(N)=N1. The quantitative estimate of drug-likeness (QED) is 0.613. The van der Waals surface area contributed by atoms with Crippen LogP contribution in [-0.2, 0) is 20.1 Å². The number of ether oxygens (including phenoxy) is 1. The first-order valence-corrected chi connectivity index (χ1v) is 12.4. The van der Waals surface area contributed by atoms with Gasteiger partial charge in [-0.1, -0.05) is 11.6 Å². The Kier molecular flexibility index (Phi) is 4.74. The lowest BCUT2D eigenvalue weighted by atomic mass is 10.0. The number of nitrogens with two attached hydrogens (primary N) is 1. The van der Waals surface area contributed by atoms with Crippen LogP contribution in [-0.4, -0.2) is 47.9 Å². The minimum atomic E-state index is -3.60. The molecule has 2 N–H and O–H groups in total. The lowest BCUT2D eigenvalue weighted by Crippen LogP contribution is -2.58. The third-order valence-corrected chi connectivity index (χ3v) is 10.3. The fraction of sp³-hybridized carbons (Fsp3) is 0.350. The van der Waals surface area contributed by atoms with Crippen molar-refractivity contribution in [3.8, 4) is 21.9 Å². The molecule has 0 radical (unpaired) electrons. The zero-order chi connectivity index (χ0) is 21.9. The number of thiophene rings is 1. The van der Waals surface area contributed by atoms with Gasteiger partial charge in [-0.15, -0.1) is 11.3 Å². The van der Waals surface area contributed by atoms with E-state index in [0.717, 1.165) is 16.0 Å². The molecular formula is C20H19ClN4O4S2. The molecular weight excluding hydrogens is 460 g/mol. The molecule has 1 spiro atoms. The Bertz CT molecular complexity index is 1280. The molecule has 0 aromatic carbocycles. The van der Waals surface area contributed by atoms with Gasteiger partial charge in [-0.2, -0.15) is 0 Å². The molecule has 0 aliphatic carbocycles. The molecule has 2 aliphatic heterocycles. The normalized spacial score (nSPS) is 27.5. The summed E-state index contributed by atoms with van der Waals surface area (Å²) in [6.07, 6.45) is 6.76. The molecule has 31 heavy (non-hydrogen) atoms. The Morgan fingerprint density at radius 3 is 2.74 bits per heavy atom. The predicted molar refractivity (Wildman–Crippen MR) is 119 cm³/mol. The van der Waals surface area contributed by atoms with Gasteiger partial charge >= 0.3 is 0 Å². The van der Waals surface area contributed by atoms with Gasteiger partial charge in [0.15, 0.2) is 14.6 Å². The first-order valence-electron chi connectivity index (χ1n) is 9.55. The number of hydrogen-bond donors (Lipinski definition) is 1. The lowest BCUT2D eigenvalue weighted by Gasteiger charge is -2.38. The zero-order valence-electron chi connectivity index (χ0n) is 16.5. The number of halogens is 1. The standard InChI is InChI=1S/C20H19ClN4O4S2/c1-19(11-31(26,27)20(18(22)25-19)2-4-28-10-20)16-14(21)7-15(30-16)12-6-13(9-23-8-12)17-24-3-5-29-17/h3,5-9H,2,4,10-11H2,1H3,(H2,22,25).